The van der Waals surface area contributed by atoms with Gasteiger partial charge in [0.25, 0.3) is 0 Å². The molecule has 1 saturated heterocycles. The molecule has 1 atom stereocenters. The van der Waals surface area contributed by atoms with Crippen LogP contribution in [0.1, 0.15) is 29.2 Å². The molecule has 2 fully saturated rings. The molecule has 33 heavy (non-hydrogen) atoms. The maximum absolute atomic E-state index is 15.1. The van der Waals surface area contributed by atoms with Gasteiger partial charge in [-0.25, -0.2) is 14.2 Å². The molecule has 0 radical (unpaired) electrons. The van der Waals surface area contributed by atoms with Crippen LogP contribution in [-0.2, 0) is 0 Å². The standard InChI is InChI=1S/C23H22FN5O4/c24-18-8-16-20(30)17(23(31)32)11-29(14-6-7-14)21(16)26-22(18)28-10-13(9-25)19(12-28)27-33-15-4-2-1-3-5-15/h1-5,8,11,13-14H,6-7,9-10,12,25H2,(H,31,32)/b27-19+. The Labute approximate surface area is 187 Å². The number of oxime groups is 1. The van der Waals surface area contributed by atoms with E-state index in [1.54, 1.807) is 21.6 Å². The maximum atomic E-state index is 15.1. The number of hydrogen-bond donors (Lipinski definition) is 2. The molecule has 2 aromatic heterocycles. The molecule has 0 bridgehead atoms. The largest absolute Gasteiger partial charge is 0.477 e. The van der Waals surface area contributed by atoms with Gasteiger partial charge in [-0.1, -0.05) is 23.4 Å². The summed E-state index contributed by atoms with van der Waals surface area (Å²) in [4.78, 5) is 35.9. The minimum atomic E-state index is -1.34. The van der Waals surface area contributed by atoms with Gasteiger partial charge in [0, 0.05) is 31.2 Å². The molecule has 1 aliphatic heterocycles. The molecule has 2 aliphatic rings. The minimum absolute atomic E-state index is 0.0427. The molecular weight excluding hydrogens is 429 g/mol. The number of nitrogens with two attached hydrogens (primary N) is 1. The highest BCUT2D eigenvalue weighted by molar-refractivity contribution is 5.95. The van der Waals surface area contributed by atoms with Crippen LogP contribution in [0.4, 0.5) is 10.2 Å². The fourth-order valence-corrected chi connectivity index (χ4v) is 4.07. The predicted molar refractivity (Wildman–Crippen MR) is 120 cm³/mol. The number of aromatic carboxylic acids is 1. The summed E-state index contributed by atoms with van der Waals surface area (Å²) in [6, 6.07) is 10.2. The molecule has 10 heteroatoms. The van der Waals surface area contributed by atoms with E-state index in [0.29, 0.717) is 24.6 Å². The van der Waals surface area contributed by atoms with Crippen LogP contribution in [-0.4, -0.2) is 46.0 Å². The van der Waals surface area contributed by atoms with Gasteiger partial charge < -0.3 is 25.1 Å². The Hall–Kier alpha value is -3.79. The Kier molecular flexibility index (Phi) is 5.29. The number of benzene rings is 1. The van der Waals surface area contributed by atoms with Crippen LogP contribution in [0.15, 0.2) is 52.5 Å². The number of pyridine rings is 2. The monoisotopic (exact) mass is 451 g/mol. The summed E-state index contributed by atoms with van der Waals surface area (Å²) in [6.45, 7) is 0.964. The molecule has 5 rings (SSSR count). The van der Waals surface area contributed by atoms with Crippen molar-refractivity contribution in [1.82, 2.24) is 9.55 Å². The smallest absolute Gasteiger partial charge is 0.341 e. The minimum Gasteiger partial charge on any atom is -0.477 e. The Morgan fingerprint density at radius 3 is 2.73 bits per heavy atom. The van der Waals surface area contributed by atoms with Gasteiger partial charge in [-0.3, -0.25) is 4.79 Å². The van der Waals surface area contributed by atoms with Crippen LogP contribution in [0.5, 0.6) is 5.75 Å². The van der Waals surface area contributed by atoms with Gasteiger partial charge in [0.15, 0.2) is 17.4 Å². The van der Waals surface area contributed by atoms with Crippen LogP contribution < -0.4 is 20.9 Å². The van der Waals surface area contributed by atoms with Crippen molar-refractivity contribution in [3.8, 4) is 5.75 Å². The predicted octanol–water partition coefficient (Wildman–Crippen LogP) is 2.40. The number of carbonyl (C=O) groups is 1. The Morgan fingerprint density at radius 1 is 1.30 bits per heavy atom. The Morgan fingerprint density at radius 2 is 2.06 bits per heavy atom. The average molecular weight is 451 g/mol. The van der Waals surface area contributed by atoms with Crippen LogP contribution in [0.2, 0.25) is 0 Å². The van der Waals surface area contributed by atoms with Gasteiger partial charge in [0.2, 0.25) is 5.43 Å². The van der Waals surface area contributed by atoms with Crippen LogP contribution in [0.3, 0.4) is 0 Å². The number of anilines is 1. The number of hydrogen-bond acceptors (Lipinski definition) is 7. The lowest BCUT2D eigenvalue weighted by molar-refractivity contribution is 0.0695. The maximum Gasteiger partial charge on any atom is 0.341 e. The third-order valence-electron chi connectivity index (χ3n) is 5.97. The van der Waals surface area contributed by atoms with Gasteiger partial charge in [-0.15, -0.1) is 0 Å². The van der Waals surface area contributed by atoms with E-state index < -0.39 is 17.2 Å². The van der Waals surface area contributed by atoms with E-state index in [9.17, 15) is 14.7 Å². The summed E-state index contributed by atoms with van der Waals surface area (Å²) < 4.78 is 16.8. The molecular formula is C23H22FN5O4. The van der Waals surface area contributed by atoms with E-state index in [4.69, 9.17) is 10.6 Å². The van der Waals surface area contributed by atoms with Crippen molar-refractivity contribution in [2.24, 2.45) is 16.8 Å². The lowest BCUT2D eigenvalue weighted by Gasteiger charge is -2.19. The van der Waals surface area contributed by atoms with Crippen molar-refractivity contribution in [1.29, 1.82) is 0 Å². The van der Waals surface area contributed by atoms with E-state index in [0.717, 1.165) is 18.9 Å². The summed E-state index contributed by atoms with van der Waals surface area (Å²) in [5, 5.41) is 13.6. The average Bonchev–Trinajstić information content (AvgIpc) is 3.57. The fraction of sp³-hybridized carbons (Fsp3) is 0.304. The quantitative estimate of drug-likeness (QED) is 0.552. The van der Waals surface area contributed by atoms with E-state index in [1.165, 1.54) is 6.20 Å². The highest BCUT2D eigenvalue weighted by atomic mass is 19.1. The highest BCUT2D eigenvalue weighted by Crippen LogP contribution is 2.37. The molecule has 3 N–H and O–H groups in total. The lowest BCUT2D eigenvalue weighted by Crippen LogP contribution is -2.26. The van der Waals surface area contributed by atoms with Gasteiger partial charge in [0.1, 0.15) is 11.2 Å². The number of carboxylic acids is 1. The Bertz CT molecular complexity index is 1320. The second-order valence-corrected chi connectivity index (χ2v) is 8.28. The number of rotatable bonds is 6. The third kappa shape index (κ3) is 3.93. The molecule has 1 aliphatic carbocycles. The van der Waals surface area contributed by atoms with Crippen molar-refractivity contribution >= 4 is 28.5 Å². The molecule has 0 amide bonds. The first-order valence-corrected chi connectivity index (χ1v) is 10.7. The first-order valence-electron chi connectivity index (χ1n) is 10.7. The van der Waals surface area contributed by atoms with Crippen molar-refractivity contribution in [3.63, 3.8) is 0 Å². The van der Waals surface area contributed by atoms with Crippen LogP contribution in [0, 0.1) is 11.7 Å². The summed E-state index contributed by atoms with van der Waals surface area (Å²) >= 11 is 0. The molecule has 9 nitrogen and oxygen atoms in total. The topological polar surface area (TPSA) is 123 Å². The van der Waals surface area contributed by atoms with E-state index in [2.05, 4.69) is 10.1 Å². The fourth-order valence-electron chi connectivity index (χ4n) is 4.07. The van der Waals surface area contributed by atoms with Crippen LogP contribution in [0.25, 0.3) is 11.0 Å². The van der Waals surface area contributed by atoms with E-state index in [1.807, 2.05) is 18.2 Å². The van der Waals surface area contributed by atoms with Crippen molar-refractivity contribution in [3.05, 3.63) is 64.2 Å². The summed E-state index contributed by atoms with van der Waals surface area (Å²) in [5.41, 5.74) is 5.74. The number of nitrogens with zero attached hydrogens (tertiary/aromatic N) is 4. The second kappa shape index (κ2) is 8.28. The Balaban J connectivity index is 1.52. The summed E-state index contributed by atoms with van der Waals surface area (Å²) in [7, 11) is 0. The van der Waals surface area contributed by atoms with Crippen LogP contribution >= 0.6 is 0 Å². The SMILES string of the molecule is NCC1CN(c2nc3c(cc2F)c(=O)c(C(=O)O)cn3C2CC2)C/C1=N\Oc1ccccc1. The lowest BCUT2D eigenvalue weighted by atomic mass is 10.1. The zero-order valence-electron chi connectivity index (χ0n) is 17.6. The highest BCUT2D eigenvalue weighted by Gasteiger charge is 2.33. The normalized spacial score (nSPS) is 19.4. The molecule has 1 saturated carbocycles. The molecule has 1 unspecified atom stereocenters. The number of carboxylic acid groups (broad SMARTS) is 1. The van der Waals surface area contributed by atoms with Gasteiger partial charge in [-0.2, -0.15) is 0 Å². The number of para-hydroxylation sites is 1. The van der Waals surface area contributed by atoms with Gasteiger partial charge in [-0.05, 0) is 31.0 Å². The third-order valence-corrected chi connectivity index (χ3v) is 5.97. The molecule has 0 spiro atoms. The molecule has 170 valence electrons. The zero-order valence-corrected chi connectivity index (χ0v) is 17.6. The molecule has 3 heterocycles. The first kappa shape index (κ1) is 21.1. The van der Waals surface area contributed by atoms with Crippen molar-refractivity contribution in [2.45, 2.75) is 18.9 Å². The van der Waals surface area contributed by atoms with Gasteiger partial charge >= 0.3 is 5.97 Å². The number of fused-ring (bicyclic) bond motifs is 1. The molecule has 1 aromatic carbocycles. The molecule has 3 aromatic rings. The number of halogens is 1. The van der Waals surface area contributed by atoms with Crippen molar-refractivity contribution in [2.75, 3.05) is 24.5 Å². The number of aromatic nitrogens is 2. The van der Waals surface area contributed by atoms with Gasteiger partial charge in [0.05, 0.1) is 17.6 Å². The zero-order chi connectivity index (χ0) is 23.1. The first-order chi connectivity index (χ1) is 16.0. The van der Waals surface area contributed by atoms with E-state index >= 15 is 4.39 Å². The summed E-state index contributed by atoms with van der Waals surface area (Å²) in [6.07, 6.45) is 3.00. The van der Waals surface area contributed by atoms with Crippen molar-refractivity contribution < 1.29 is 19.1 Å². The summed E-state index contributed by atoms with van der Waals surface area (Å²) in [5.74, 6) is -1.54. The second-order valence-electron chi connectivity index (χ2n) is 8.28. The van der Waals surface area contributed by atoms with E-state index in [-0.39, 0.29) is 40.9 Å².